The quantitative estimate of drug-likeness (QED) is 0.433. The summed E-state index contributed by atoms with van der Waals surface area (Å²) in [5, 5.41) is 4.66. The van der Waals surface area contributed by atoms with Gasteiger partial charge >= 0.3 is 12.3 Å². The Morgan fingerprint density at radius 1 is 1.08 bits per heavy atom. The lowest BCUT2D eigenvalue weighted by molar-refractivity contribution is -0.182. The minimum absolute atomic E-state index is 0.00193. The lowest BCUT2D eigenvalue weighted by Crippen LogP contribution is -2.56. The Hall–Kier alpha value is -2.46. The van der Waals surface area contributed by atoms with Crippen molar-refractivity contribution in [1.82, 2.24) is 19.5 Å². The molecule has 2 aromatic rings. The van der Waals surface area contributed by atoms with Crippen molar-refractivity contribution in [2.24, 2.45) is 5.92 Å². The third-order valence-electron chi connectivity index (χ3n) is 7.06. The summed E-state index contributed by atoms with van der Waals surface area (Å²) in [7, 11) is 0. The molecule has 1 unspecified atom stereocenters. The van der Waals surface area contributed by atoms with E-state index in [-0.39, 0.29) is 25.3 Å². The number of nitrogens with zero attached hydrogens (tertiary/aromatic N) is 4. The SMILES string of the molecule is Cc1cc(C2(C)CN(C(=O)OC(C)(C)C)CC(F)(F)C2)n2nc([C@H]3CC[C@H](C(F)(F)F)CC3)cc2n1. The molecule has 2 aliphatic rings. The number of aryl methyl sites for hydroxylation is 1. The van der Waals surface area contributed by atoms with Crippen molar-refractivity contribution in [3.63, 3.8) is 0 Å². The Labute approximate surface area is 207 Å². The van der Waals surface area contributed by atoms with Gasteiger partial charge in [0, 0.05) is 36.1 Å². The maximum Gasteiger partial charge on any atom is 0.410 e. The molecule has 1 saturated carbocycles. The molecule has 2 aromatic heterocycles. The molecule has 0 spiro atoms. The van der Waals surface area contributed by atoms with E-state index in [0.717, 1.165) is 4.90 Å². The van der Waals surface area contributed by atoms with Crippen LogP contribution < -0.4 is 0 Å². The molecule has 1 aliphatic heterocycles. The van der Waals surface area contributed by atoms with Crippen LogP contribution >= 0.6 is 0 Å². The molecule has 0 bridgehead atoms. The van der Waals surface area contributed by atoms with Crippen molar-refractivity contribution in [3.05, 3.63) is 29.2 Å². The van der Waals surface area contributed by atoms with Crippen molar-refractivity contribution >= 4 is 11.7 Å². The van der Waals surface area contributed by atoms with Crippen LogP contribution in [0.3, 0.4) is 0 Å². The minimum Gasteiger partial charge on any atom is -0.444 e. The van der Waals surface area contributed by atoms with Gasteiger partial charge in [0.1, 0.15) is 5.60 Å². The Morgan fingerprint density at radius 2 is 1.72 bits per heavy atom. The average molecular weight is 517 g/mol. The van der Waals surface area contributed by atoms with Gasteiger partial charge in [0.25, 0.3) is 5.92 Å². The zero-order valence-electron chi connectivity index (χ0n) is 21.3. The van der Waals surface area contributed by atoms with E-state index in [1.807, 2.05) is 0 Å². The van der Waals surface area contributed by atoms with Gasteiger partial charge in [-0.25, -0.2) is 23.1 Å². The van der Waals surface area contributed by atoms with E-state index in [2.05, 4.69) is 10.1 Å². The number of carbonyl (C=O) groups is 1. The standard InChI is InChI=1S/C25H33F5N4O2/c1-15-10-19(23(5)12-24(26,27)14-33(13-23)21(35)36-22(2,3)4)34-20(31-15)11-18(32-34)16-6-8-17(9-7-16)25(28,29)30/h10-11,16-17H,6-9,12-14H2,1-5H3/t16-,17-,23?. The first-order chi connectivity index (χ1) is 16.5. The summed E-state index contributed by atoms with van der Waals surface area (Å²) in [5.41, 5.74) is 0.156. The number of fused-ring (bicyclic) bond motifs is 1. The fourth-order valence-corrected chi connectivity index (χ4v) is 5.53. The predicted octanol–water partition coefficient (Wildman–Crippen LogP) is 6.41. The molecule has 1 saturated heterocycles. The number of piperidine rings is 1. The first-order valence-electron chi connectivity index (χ1n) is 12.3. The van der Waals surface area contributed by atoms with Crippen LogP contribution in [-0.2, 0) is 10.2 Å². The van der Waals surface area contributed by atoms with E-state index in [1.165, 1.54) is 4.52 Å². The van der Waals surface area contributed by atoms with Crippen molar-refractivity contribution in [2.45, 2.75) is 95.8 Å². The van der Waals surface area contributed by atoms with Crippen LogP contribution in [0.25, 0.3) is 5.65 Å². The third kappa shape index (κ3) is 5.59. The number of carbonyl (C=O) groups excluding carboxylic acids is 1. The minimum atomic E-state index is -4.20. The number of rotatable bonds is 2. The third-order valence-corrected chi connectivity index (χ3v) is 7.06. The van der Waals surface area contributed by atoms with E-state index >= 15 is 0 Å². The monoisotopic (exact) mass is 516 g/mol. The number of ether oxygens (including phenoxy) is 1. The van der Waals surface area contributed by atoms with Gasteiger partial charge in [-0.2, -0.15) is 18.3 Å². The summed E-state index contributed by atoms with van der Waals surface area (Å²) in [6, 6.07) is 3.43. The van der Waals surface area contributed by atoms with Gasteiger partial charge in [-0.1, -0.05) is 6.92 Å². The topological polar surface area (TPSA) is 59.7 Å². The van der Waals surface area contributed by atoms with Crippen molar-refractivity contribution in [3.8, 4) is 0 Å². The molecule has 2 fully saturated rings. The second-order valence-electron chi connectivity index (χ2n) is 11.6. The van der Waals surface area contributed by atoms with Crippen LogP contribution in [0.2, 0.25) is 0 Å². The number of hydrogen-bond acceptors (Lipinski definition) is 4. The number of hydrogen-bond donors (Lipinski definition) is 0. The van der Waals surface area contributed by atoms with E-state index in [0.29, 0.717) is 35.6 Å². The van der Waals surface area contributed by atoms with Crippen molar-refractivity contribution in [2.75, 3.05) is 13.1 Å². The molecule has 0 radical (unpaired) electrons. The van der Waals surface area contributed by atoms with Crippen LogP contribution in [0.4, 0.5) is 26.7 Å². The summed E-state index contributed by atoms with van der Waals surface area (Å²) >= 11 is 0. The van der Waals surface area contributed by atoms with Crippen LogP contribution in [0, 0.1) is 12.8 Å². The zero-order valence-corrected chi connectivity index (χ0v) is 21.3. The molecule has 3 heterocycles. The maximum absolute atomic E-state index is 15.0. The van der Waals surface area contributed by atoms with Crippen LogP contribution in [0.5, 0.6) is 0 Å². The number of aromatic nitrogens is 3. The Balaban J connectivity index is 1.67. The Morgan fingerprint density at radius 3 is 2.31 bits per heavy atom. The lowest BCUT2D eigenvalue weighted by Gasteiger charge is -2.44. The van der Waals surface area contributed by atoms with Crippen LogP contribution in [-0.4, -0.2) is 56.4 Å². The van der Waals surface area contributed by atoms with E-state index in [4.69, 9.17) is 4.74 Å². The number of halogens is 5. The summed E-state index contributed by atoms with van der Waals surface area (Å²) < 4.78 is 76.1. The Kier molecular flexibility index (Phi) is 6.53. The molecule has 200 valence electrons. The summed E-state index contributed by atoms with van der Waals surface area (Å²) in [5.74, 6) is -4.61. The van der Waals surface area contributed by atoms with Gasteiger partial charge < -0.3 is 9.64 Å². The van der Waals surface area contributed by atoms with Gasteiger partial charge in [0.2, 0.25) is 0 Å². The second-order valence-corrected chi connectivity index (χ2v) is 11.6. The van der Waals surface area contributed by atoms with Crippen molar-refractivity contribution < 1.29 is 31.5 Å². The van der Waals surface area contributed by atoms with E-state index in [1.54, 1.807) is 46.8 Å². The molecule has 36 heavy (non-hydrogen) atoms. The van der Waals surface area contributed by atoms with Gasteiger partial charge in [0.15, 0.2) is 5.65 Å². The highest BCUT2D eigenvalue weighted by Gasteiger charge is 2.51. The number of amides is 1. The largest absolute Gasteiger partial charge is 0.444 e. The van der Waals surface area contributed by atoms with E-state index in [9.17, 15) is 26.7 Å². The Bertz CT molecular complexity index is 1130. The van der Waals surface area contributed by atoms with Crippen LogP contribution in [0.15, 0.2) is 12.1 Å². The molecule has 0 N–H and O–H groups in total. The number of alkyl halides is 5. The summed E-state index contributed by atoms with van der Waals surface area (Å²) in [6.07, 6.45) is -4.72. The highest BCUT2D eigenvalue weighted by atomic mass is 19.4. The van der Waals surface area contributed by atoms with Gasteiger partial charge in [-0.3, -0.25) is 0 Å². The molecule has 11 heteroatoms. The molecule has 1 amide bonds. The second kappa shape index (κ2) is 8.83. The maximum atomic E-state index is 15.0. The lowest BCUT2D eigenvalue weighted by atomic mass is 9.77. The fourth-order valence-electron chi connectivity index (χ4n) is 5.53. The molecule has 4 rings (SSSR count). The smallest absolute Gasteiger partial charge is 0.410 e. The summed E-state index contributed by atoms with van der Waals surface area (Å²) in [6.45, 7) is 7.71. The zero-order chi connectivity index (χ0) is 26.7. The highest BCUT2D eigenvalue weighted by molar-refractivity contribution is 5.68. The van der Waals surface area contributed by atoms with Crippen LogP contribution in [0.1, 0.15) is 82.8 Å². The fraction of sp³-hybridized carbons (Fsp3) is 0.720. The summed E-state index contributed by atoms with van der Waals surface area (Å²) in [4.78, 5) is 18.3. The normalized spacial score (nSPS) is 27.3. The molecular formula is C25H33F5N4O2. The molecular weight excluding hydrogens is 483 g/mol. The first-order valence-corrected chi connectivity index (χ1v) is 12.3. The average Bonchev–Trinajstić information content (AvgIpc) is 3.13. The predicted molar refractivity (Wildman–Crippen MR) is 123 cm³/mol. The van der Waals surface area contributed by atoms with Gasteiger partial charge in [-0.15, -0.1) is 0 Å². The molecule has 1 atom stereocenters. The molecule has 0 aromatic carbocycles. The van der Waals surface area contributed by atoms with Crippen molar-refractivity contribution in [1.29, 1.82) is 0 Å². The molecule has 1 aliphatic carbocycles. The van der Waals surface area contributed by atoms with Gasteiger partial charge in [0.05, 0.1) is 23.9 Å². The first kappa shape index (κ1) is 26.6. The van der Waals surface area contributed by atoms with E-state index < -0.39 is 48.1 Å². The highest BCUT2D eigenvalue weighted by Crippen LogP contribution is 2.44. The van der Waals surface area contributed by atoms with Gasteiger partial charge in [-0.05, 0) is 59.4 Å². The number of likely N-dealkylation sites (tertiary alicyclic amines) is 1. The molecule has 6 nitrogen and oxygen atoms in total.